The molecule has 0 spiro atoms. The van der Waals surface area contributed by atoms with Crippen LogP contribution in [0.3, 0.4) is 0 Å². The van der Waals surface area contributed by atoms with E-state index in [0.29, 0.717) is 22.6 Å². The number of phenolic OH excluding ortho intramolecular Hbond substituents is 1. The van der Waals surface area contributed by atoms with Crippen molar-refractivity contribution in [3.8, 4) is 45.3 Å². The minimum absolute atomic E-state index is 0.0330. The van der Waals surface area contributed by atoms with Gasteiger partial charge in [-0.2, -0.15) is 0 Å². The van der Waals surface area contributed by atoms with Gasteiger partial charge in [-0.25, -0.2) is 4.39 Å². The van der Waals surface area contributed by atoms with Gasteiger partial charge in [0.25, 0.3) is 0 Å². The van der Waals surface area contributed by atoms with E-state index in [9.17, 15) is 9.50 Å². The van der Waals surface area contributed by atoms with E-state index in [1.165, 1.54) is 13.2 Å². The highest BCUT2D eigenvalue weighted by Crippen LogP contribution is 2.41. The molecule has 0 saturated carbocycles. The van der Waals surface area contributed by atoms with Crippen molar-refractivity contribution in [2.24, 2.45) is 0 Å². The monoisotopic (exact) mass is 384 g/mol. The molecule has 0 aliphatic heterocycles. The second-order valence-corrected chi connectivity index (χ2v) is 6.00. The molecule has 28 heavy (non-hydrogen) atoms. The van der Waals surface area contributed by atoms with Gasteiger partial charge in [0, 0.05) is 18.2 Å². The van der Waals surface area contributed by atoms with Crippen LogP contribution in [0.25, 0.3) is 22.3 Å². The van der Waals surface area contributed by atoms with Crippen LogP contribution < -0.4 is 14.2 Å². The Bertz CT molecular complexity index is 954. The van der Waals surface area contributed by atoms with Crippen molar-refractivity contribution < 1.29 is 28.4 Å². The summed E-state index contributed by atoms with van der Waals surface area (Å²) in [6.07, 6.45) is 0. The maximum Gasteiger partial charge on any atom is 0.188 e. The molecule has 0 atom stereocenters. The highest BCUT2D eigenvalue weighted by atomic mass is 19.1. The van der Waals surface area contributed by atoms with E-state index in [2.05, 4.69) is 0 Å². The summed E-state index contributed by atoms with van der Waals surface area (Å²) in [5.41, 5.74) is 2.95. The van der Waals surface area contributed by atoms with Crippen molar-refractivity contribution in [1.82, 2.24) is 0 Å². The van der Waals surface area contributed by atoms with Crippen molar-refractivity contribution in [1.29, 1.82) is 0 Å². The van der Waals surface area contributed by atoms with Gasteiger partial charge in [-0.1, -0.05) is 18.2 Å². The van der Waals surface area contributed by atoms with Gasteiger partial charge >= 0.3 is 0 Å². The largest absolute Gasteiger partial charge is 0.508 e. The lowest BCUT2D eigenvalue weighted by atomic mass is 9.97. The molecule has 146 valence electrons. The highest BCUT2D eigenvalue weighted by molar-refractivity contribution is 5.81. The molecule has 0 aliphatic carbocycles. The van der Waals surface area contributed by atoms with Gasteiger partial charge in [-0.15, -0.1) is 0 Å². The Morgan fingerprint density at radius 2 is 1.32 bits per heavy atom. The zero-order valence-electron chi connectivity index (χ0n) is 15.9. The highest BCUT2D eigenvalue weighted by Gasteiger charge is 2.16. The Kier molecular flexibility index (Phi) is 6.01. The lowest BCUT2D eigenvalue weighted by Crippen LogP contribution is -2.01. The molecule has 0 amide bonds. The third kappa shape index (κ3) is 4.02. The summed E-state index contributed by atoms with van der Waals surface area (Å²) in [6, 6.07) is 15.1. The van der Waals surface area contributed by atoms with Gasteiger partial charge in [-0.05, 0) is 47.5 Å². The predicted octanol–water partition coefficient (Wildman–Crippen LogP) is 4.87. The van der Waals surface area contributed by atoms with E-state index in [0.717, 1.165) is 11.1 Å². The van der Waals surface area contributed by atoms with Crippen LogP contribution in [0.15, 0.2) is 54.6 Å². The second-order valence-electron chi connectivity index (χ2n) is 6.00. The van der Waals surface area contributed by atoms with Crippen molar-refractivity contribution in [2.75, 3.05) is 28.1 Å². The van der Waals surface area contributed by atoms with Crippen molar-refractivity contribution in [3.05, 3.63) is 60.4 Å². The first-order valence-corrected chi connectivity index (χ1v) is 8.54. The van der Waals surface area contributed by atoms with Crippen molar-refractivity contribution in [2.45, 2.75) is 0 Å². The fraction of sp³-hybridized carbons (Fsp3) is 0.182. The van der Waals surface area contributed by atoms with Gasteiger partial charge < -0.3 is 24.1 Å². The van der Waals surface area contributed by atoms with Crippen molar-refractivity contribution in [3.63, 3.8) is 0 Å². The van der Waals surface area contributed by atoms with Crippen LogP contribution in [0, 0.1) is 5.82 Å². The fourth-order valence-electron chi connectivity index (χ4n) is 2.90. The average molecular weight is 384 g/mol. The molecular weight excluding hydrogens is 363 g/mol. The van der Waals surface area contributed by atoms with E-state index in [1.807, 2.05) is 6.07 Å². The normalized spacial score (nSPS) is 10.6. The minimum Gasteiger partial charge on any atom is -0.508 e. The van der Waals surface area contributed by atoms with Gasteiger partial charge in [0.2, 0.25) is 0 Å². The van der Waals surface area contributed by atoms with E-state index in [4.69, 9.17) is 18.9 Å². The van der Waals surface area contributed by atoms with E-state index >= 15 is 0 Å². The van der Waals surface area contributed by atoms with Crippen LogP contribution in [0.4, 0.5) is 4.39 Å². The Hall–Kier alpha value is -3.25. The summed E-state index contributed by atoms with van der Waals surface area (Å²) >= 11 is 0. The van der Waals surface area contributed by atoms with Crippen LogP contribution in [-0.4, -0.2) is 33.2 Å². The molecule has 0 heterocycles. The first kappa shape index (κ1) is 19.5. The Morgan fingerprint density at radius 1 is 0.750 bits per heavy atom. The van der Waals surface area contributed by atoms with E-state index < -0.39 is 5.82 Å². The smallest absolute Gasteiger partial charge is 0.188 e. The molecule has 0 radical (unpaired) electrons. The standard InChI is InChI=1S/C22H21FO5/c1-25-13-28-20-9-6-15(10-19(20)23)18-12-21(26-2)17(11-22(18)27-3)14-4-7-16(24)8-5-14/h4-12,24H,13H2,1-3H3. The number of hydrogen-bond donors (Lipinski definition) is 1. The SMILES string of the molecule is COCOc1ccc(-c2cc(OC)c(-c3ccc(O)cc3)cc2OC)cc1F. The Labute approximate surface area is 162 Å². The third-order valence-corrected chi connectivity index (χ3v) is 4.28. The molecule has 0 aliphatic rings. The molecule has 5 nitrogen and oxygen atoms in total. The zero-order chi connectivity index (χ0) is 20.1. The lowest BCUT2D eigenvalue weighted by molar-refractivity contribution is 0.0483. The molecule has 0 bridgehead atoms. The van der Waals surface area contributed by atoms with Crippen LogP contribution in [-0.2, 0) is 4.74 Å². The van der Waals surface area contributed by atoms with E-state index in [1.54, 1.807) is 56.7 Å². The van der Waals surface area contributed by atoms with Crippen LogP contribution in [0.5, 0.6) is 23.0 Å². The number of benzene rings is 3. The van der Waals surface area contributed by atoms with Crippen molar-refractivity contribution >= 4 is 0 Å². The summed E-state index contributed by atoms with van der Waals surface area (Å²) in [4.78, 5) is 0. The predicted molar refractivity (Wildman–Crippen MR) is 105 cm³/mol. The topological polar surface area (TPSA) is 57.2 Å². The first-order valence-electron chi connectivity index (χ1n) is 8.54. The Morgan fingerprint density at radius 3 is 1.86 bits per heavy atom. The summed E-state index contributed by atoms with van der Waals surface area (Å²) in [7, 11) is 4.59. The maximum atomic E-state index is 14.4. The molecule has 3 rings (SSSR count). The quantitative estimate of drug-likeness (QED) is 0.589. The lowest BCUT2D eigenvalue weighted by Gasteiger charge is -2.16. The molecule has 6 heteroatoms. The van der Waals surface area contributed by atoms with Gasteiger partial charge in [0.15, 0.2) is 18.4 Å². The Balaban J connectivity index is 2.07. The fourth-order valence-corrected chi connectivity index (χ4v) is 2.90. The third-order valence-electron chi connectivity index (χ3n) is 4.28. The summed E-state index contributed by atoms with van der Waals surface area (Å²) < 4.78 is 35.5. The number of halogens is 1. The molecule has 3 aromatic rings. The number of ether oxygens (including phenoxy) is 4. The van der Waals surface area contributed by atoms with Crippen LogP contribution in [0.2, 0.25) is 0 Å². The summed E-state index contributed by atoms with van der Waals surface area (Å²) in [5.74, 6) is 0.948. The maximum absolute atomic E-state index is 14.4. The molecule has 1 N–H and O–H groups in total. The zero-order valence-corrected chi connectivity index (χ0v) is 15.9. The average Bonchev–Trinajstić information content (AvgIpc) is 2.72. The summed E-state index contributed by atoms with van der Waals surface area (Å²) in [6.45, 7) is -0.0330. The number of aromatic hydroxyl groups is 1. The number of rotatable bonds is 7. The molecule has 0 fully saturated rings. The van der Waals surface area contributed by atoms with Gasteiger partial charge in [0.1, 0.15) is 17.2 Å². The van der Waals surface area contributed by atoms with Crippen LogP contribution >= 0.6 is 0 Å². The van der Waals surface area contributed by atoms with Crippen LogP contribution in [0.1, 0.15) is 0 Å². The van der Waals surface area contributed by atoms with E-state index in [-0.39, 0.29) is 18.3 Å². The first-order chi connectivity index (χ1) is 13.6. The number of hydrogen-bond acceptors (Lipinski definition) is 5. The molecule has 3 aromatic carbocycles. The summed E-state index contributed by atoms with van der Waals surface area (Å²) in [5, 5.41) is 9.52. The molecule has 0 unspecified atom stereocenters. The number of methoxy groups -OCH3 is 3. The molecule has 0 aromatic heterocycles. The second kappa shape index (κ2) is 8.63. The molecular formula is C22H21FO5. The van der Waals surface area contributed by atoms with Gasteiger partial charge in [-0.3, -0.25) is 0 Å². The van der Waals surface area contributed by atoms with Gasteiger partial charge in [0.05, 0.1) is 14.2 Å². The minimum atomic E-state index is -0.502. The number of phenols is 1. The molecule has 0 saturated heterocycles.